The number of aromatic nitrogens is 1. The molecule has 2 rings (SSSR count). The molecule has 0 aliphatic carbocycles. The average Bonchev–Trinajstić information content (AvgIpc) is 2.79. The molecule has 0 bridgehead atoms. The first-order valence-electron chi connectivity index (χ1n) is 7.28. The molecule has 0 saturated carbocycles. The molecule has 0 aliphatic heterocycles. The number of nitrogens with zero attached hydrogens (tertiary/aromatic N) is 1. The summed E-state index contributed by atoms with van der Waals surface area (Å²) in [6.07, 6.45) is 0. The van der Waals surface area contributed by atoms with Gasteiger partial charge in [0.15, 0.2) is 0 Å². The van der Waals surface area contributed by atoms with Crippen LogP contribution < -0.4 is 5.32 Å². The highest BCUT2D eigenvalue weighted by molar-refractivity contribution is 5.95. The van der Waals surface area contributed by atoms with Gasteiger partial charge in [-0.15, -0.1) is 0 Å². The van der Waals surface area contributed by atoms with E-state index in [4.69, 9.17) is 5.11 Å². The fourth-order valence-electron chi connectivity index (χ4n) is 2.43. The lowest BCUT2D eigenvalue weighted by Crippen LogP contribution is -2.29. The van der Waals surface area contributed by atoms with Crippen molar-refractivity contribution in [2.45, 2.75) is 20.8 Å². The Labute approximate surface area is 129 Å². The lowest BCUT2D eigenvalue weighted by atomic mass is 10.2. The summed E-state index contributed by atoms with van der Waals surface area (Å²) in [5.41, 5.74) is 2.88. The number of carbonyl (C=O) groups excluding carboxylic acids is 1. The van der Waals surface area contributed by atoms with Gasteiger partial charge in [0.05, 0.1) is 5.56 Å². The van der Waals surface area contributed by atoms with Gasteiger partial charge < -0.3 is 15.0 Å². The summed E-state index contributed by atoms with van der Waals surface area (Å²) in [5, 5.41) is 11.8. The van der Waals surface area contributed by atoms with Crippen molar-refractivity contribution in [1.82, 2.24) is 9.88 Å². The Morgan fingerprint density at radius 3 is 2.73 bits per heavy atom. The molecule has 4 nitrogen and oxygen atoms in total. The molecule has 0 fully saturated rings. The zero-order valence-corrected chi connectivity index (χ0v) is 13.1. The van der Waals surface area contributed by atoms with Gasteiger partial charge in [-0.25, -0.2) is 4.39 Å². The number of aliphatic hydroxyl groups is 1. The number of halogens is 1. The Balaban J connectivity index is 2.29. The lowest BCUT2D eigenvalue weighted by molar-refractivity contribution is 0.0941. The predicted octanol–water partition coefficient (Wildman–Crippen LogP) is 2.59. The first kappa shape index (κ1) is 16.2. The Morgan fingerprint density at radius 1 is 1.36 bits per heavy atom. The van der Waals surface area contributed by atoms with Gasteiger partial charge in [0.1, 0.15) is 5.82 Å². The van der Waals surface area contributed by atoms with Gasteiger partial charge in [-0.3, -0.25) is 4.79 Å². The second-order valence-electron chi connectivity index (χ2n) is 5.60. The fourth-order valence-corrected chi connectivity index (χ4v) is 2.43. The van der Waals surface area contributed by atoms with Gasteiger partial charge in [-0.2, -0.15) is 0 Å². The van der Waals surface area contributed by atoms with E-state index >= 15 is 0 Å². The normalized spacial score (nSPS) is 12.2. The van der Waals surface area contributed by atoms with E-state index in [0.717, 1.165) is 11.4 Å². The number of amides is 1. The number of hydrogen-bond donors (Lipinski definition) is 2. The summed E-state index contributed by atoms with van der Waals surface area (Å²) < 4.78 is 15.3. The average molecular weight is 304 g/mol. The summed E-state index contributed by atoms with van der Waals surface area (Å²) in [7, 11) is 0. The van der Waals surface area contributed by atoms with Crippen molar-refractivity contribution in [2.75, 3.05) is 13.2 Å². The minimum atomic E-state index is -0.312. The molecular formula is C17H21FN2O2. The topological polar surface area (TPSA) is 54.3 Å². The summed E-state index contributed by atoms with van der Waals surface area (Å²) >= 11 is 0. The van der Waals surface area contributed by atoms with Crippen LogP contribution in [0, 0.1) is 25.6 Å². The van der Waals surface area contributed by atoms with Crippen LogP contribution in [0.15, 0.2) is 30.3 Å². The standard InChI is InChI=1S/C17H21FN2O2/c1-11(10-21)9-19-17(22)16-7-12(2)20(13(16)3)15-6-4-5-14(18)8-15/h4-8,11,21H,9-10H2,1-3H3,(H,19,22). The maximum absolute atomic E-state index is 13.4. The molecule has 118 valence electrons. The summed E-state index contributed by atoms with van der Waals surface area (Å²) in [4.78, 5) is 12.3. The summed E-state index contributed by atoms with van der Waals surface area (Å²) in [6.45, 7) is 6.02. The van der Waals surface area contributed by atoms with Crippen LogP contribution in [0.2, 0.25) is 0 Å². The largest absolute Gasteiger partial charge is 0.396 e. The molecule has 2 N–H and O–H groups in total. The zero-order chi connectivity index (χ0) is 16.3. The maximum atomic E-state index is 13.4. The first-order chi connectivity index (χ1) is 10.4. The molecule has 1 aromatic heterocycles. The molecule has 1 aromatic carbocycles. The maximum Gasteiger partial charge on any atom is 0.253 e. The monoisotopic (exact) mass is 304 g/mol. The van der Waals surface area contributed by atoms with Gasteiger partial charge in [-0.1, -0.05) is 13.0 Å². The van der Waals surface area contributed by atoms with E-state index in [2.05, 4.69) is 5.32 Å². The van der Waals surface area contributed by atoms with Crippen LogP contribution in [0.5, 0.6) is 0 Å². The van der Waals surface area contributed by atoms with Crippen LogP contribution >= 0.6 is 0 Å². The number of rotatable bonds is 5. The summed E-state index contributed by atoms with van der Waals surface area (Å²) in [6, 6.07) is 8.07. The highest BCUT2D eigenvalue weighted by atomic mass is 19.1. The van der Waals surface area contributed by atoms with Gasteiger partial charge in [0, 0.05) is 30.2 Å². The van der Waals surface area contributed by atoms with Crippen LogP contribution in [0.25, 0.3) is 5.69 Å². The SMILES string of the molecule is Cc1cc(C(=O)NCC(C)CO)c(C)n1-c1cccc(F)c1. The number of carbonyl (C=O) groups is 1. The Morgan fingerprint density at radius 2 is 2.09 bits per heavy atom. The number of aliphatic hydroxyl groups excluding tert-OH is 1. The highest BCUT2D eigenvalue weighted by Crippen LogP contribution is 2.21. The quantitative estimate of drug-likeness (QED) is 0.892. The van der Waals surface area contributed by atoms with E-state index in [1.807, 2.05) is 25.3 Å². The molecule has 0 radical (unpaired) electrons. The van der Waals surface area contributed by atoms with E-state index < -0.39 is 0 Å². The summed E-state index contributed by atoms with van der Waals surface area (Å²) in [5.74, 6) is -0.487. The minimum Gasteiger partial charge on any atom is -0.396 e. The zero-order valence-electron chi connectivity index (χ0n) is 13.1. The van der Waals surface area contributed by atoms with Crippen LogP contribution in [0.1, 0.15) is 28.7 Å². The van der Waals surface area contributed by atoms with Crippen molar-refractivity contribution in [2.24, 2.45) is 5.92 Å². The van der Waals surface area contributed by atoms with Crippen molar-refractivity contribution in [3.63, 3.8) is 0 Å². The molecule has 0 spiro atoms. The molecule has 1 heterocycles. The smallest absolute Gasteiger partial charge is 0.253 e. The lowest BCUT2D eigenvalue weighted by Gasteiger charge is -2.11. The van der Waals surface area contributed by atoms with Crippen molar-refractivity contribution < 1.29 is 14.3 Å². The van der Waals surface area contributed by atoms with Crippen LogP contribution in [0.4, 0.5) is 4.39 Å². The van der Waals surface area contributed by atoms with E-state index in [9.17, 15) is 9.18 Å². The van der Waals surface area contributed by atoms with Gasteiger partial charge >= 0.3 is 0 Å². The molecule has 0 saturated heterocycles. The highest BCUT2D eigenvalue weighted by Gasteiger charge is 2.17. The number of aryl methyl sites for hydroxylation is 1. The Bertz CT molecular complexity index is 679. The third-order valence-corrected chi connectivity index (χ3v) is 3.66. The second kappa shape index (κ2) is 6.75. The number of benzene rings is 1. The number of hydrogen-bond acceptors (Lipinski definition) is 2. The van der Waals surface area contributed by atoms with E-state index in [-0.39, 0.29) is 24.2 Å². The van der Waals surface area contributed by atoms with E-state index in [1.54, 1.807) is 18.2 Å². The van der Waals surface area contributed by atoms with Gasteiger partial charge in [0.2, 0.25) is 0 Å². The molecule has 5 heteroatoms. The van der Waals surface area contributed by atoms with Crippen LogP contribution in [-0.2, 0) is 0 Å². The van der Waals surface area contributed by atoms with Crippen LogP contribution in [-0.4, -0.2) is 28.7 Å². The van der Waals surface area contributed by atoms with Gasteiger partial charge in [0.25, 0.3) is 5.91 Å². The van der Waals surface area contributed by atoms with E-state index in [1.165, 1.54) is 12.1 Å². The van der Waals surface area contributed by atoms with Crippen molar-refractivity contribution in [1.29, 1.82) is 0 Å². The molecule has 1 atom stereocenters. The van der Waals surface area contributed by atoms with Crippen molar-refractivity contribution in [3.8, 4) is 5.69 Å². The van der Waals surface area contributed by atoms with Crippen molar-refractivity contribution in [3.05, 3.63) is 53.1 Å². The first-order valence-corrected chi connectivity index (χ1v) is 7.28. The Kier molecular flexibility index (Phi) is 4.98. The molecular weight excluding hydrogens is 283 g/mol. The predicted molar refractivity (Wildman–Crippen MR) is 83.8 cm³/mol. The minimum absolute atomic E-state index is 0.00987. The van der Waals surface area contributed by atoms with Crippen molar-refractivity contribution >= 4 is 5.91 Å². The van der Waals surface area contributed by atoms with Crippen LogP contribution in [0.3, 0.4) is 0 Å². The third-order valence-electron chi connectivity index (χ3n) is 3.66. The number of nitrogens with one attached hydrogen (secondary N) is 1. The second-order valence-corrected chi connectivity index (χ2v) is 5.60. The molecule has 0 aliphatic rings. The Hall–Kier alpha value is -2.14. The fraction of sp³-hybridized carbons (Fsp3) is 0.353. The van der Waals surface area contributed by atoms with Gasteiger partial charge in [-0.05, 0) is 44.0 Å². The molecule has 22 heavy (non-hydrogen) atoms. The third kappa shape index (κ3) is 3.36. The molecule has 2 aromatic rings. The van der Waals surface area contributed by atoms with E-state index in [0.29, 0.717) is 17.8 Å². The molecule has 1 amide bonds. The molecule has 1 unspecified atom stereocenters.